The summed E-state index contributed by atoms with van der Waals surface area (Å²) in [6.07, 6.45) is 4.85. The molecule has 112 valence electrons. The molecule has 0 aliphatic rings. The molecular weight excluding hydrogens is 258 g/mol. The van der Waals surface area contributed by atoms with Crippen molar-refractivity contribution in [2.75, 3.05) is 6.54 Å². The number of rotatable bonds is 8. The molecular formula is C18H25N3. The minimum Gasteiger partial charge on any atom is -0.347 e. The van der Waals surface area contributed by atoms with E-state index in [4.69, 9.17) is 5.26 Å². The van der Waals surface area contributed by atoms with Crippen molar-refractivity contribution in [3.8, 4) is 6.07 Å². The topological polar surface area (TPSA) is 40.8 Å². The zero-order valence-corrected chi connectivity index (χ0v) is 13.1. The van der Waals surface area contributed by atoms with Crippen LogP contribution in [0.3, 0.4) is 0 Å². The number of nitrogens with zero attached hydrogens (tertiary/aromatic N) is 2. The zero-order valence-electron chi connectivity index (χ0n) is 13.1. The van der Waals surface area contributed by atoms with Crippen LogP contribution in [0.5, 0.6) is 0 Å². The number of benzene rings is 1. The van der Waals surface area contributed by atoms with Gasteiger partial charge in [-0.05, 0) is 48.4 Å². The van der Waals surface area contributed by atoms with Crippen LogP contribution in [-0.4, -0.2) is 11.1 Å². The van der Waals surface area contributed by atoms with Gasteiger partial charge in [-0.25, -0.2) is 0 Å². The summed E-state index contributed by atoms with van der Waals surface area (Å²) in [6.45, 7) is 7.42. The summed E-state index contributed by atoms with van der Waals surface area (Å²) in [6, 6.07) is 11.1. The lowest BCUT2D eigenvalue weighted by Gasteiger charge is -2.09. The van der Waals surface area contributed by atoms with Gasteiger partial charge in [0.05, 0.1) is 6.07 Å². The first-order valence-corrected chi connectivity index (χ1v) is 7.86. The molecule has 0 fully saturated rings. The second-order valence-corrected chi connectivity index (χ2v) is 6.04. The normalized spacial score (nSPS) is 11.1. The smallest absolute Gasteiger partial charge is 0.0621 e. The molecule has 0 unspecified atom stereocenters. The summed E-state index contributed by atoms with van der Waals surface area (Å²) >= 11 is 0. The van der Waals surface area contributed by atoms with Crippen LogP contribution in [0, 0.1) is 17.2 Å². The molecule has 0 radical (unpaired) electrons. The van der Waals surface area contributed by atoms with Gasteiger partial charge in [0.1, 0.15) is 0 Å². The maximum atomic E-state index is 8.59. The molecule has 0 spiro atoms. The van der Waals surface area contributed by atoms with E-state index in [1.807, 2.05) is 0 Å². The quantitative estimate of drug-likeness (QED) is 0.742. The summed E-state index contributed by atoms with van der Waals surface area (Å²) in [5.41, 5.74) is 2.64. The summed E-state index contributed by atoms with van der Waals surface area (Å²) in [5, 5.41) is 13.4. The Morgan fingerprint density at radius 1 is 1.24 bits per heavy atom. The number of nitriles is 1. The fourth-order valence-electron chi connectivity index (χ4n) is 2.53. The number of aromatic nitrogens is 1. The Morgan fingerprint density at radius 3 is 2.86 bits per heavy atom. The van der Waals surface area contributed by atoms with Crippen molar-refractivity contribution >= 4 is 10.9 Å². The molecule has 0 aliphatic heterocycles. The Balaban J connectivity index is 2.01. The predicted octanol–water partition coefficient (Wildman–Crippen LogP) is 4.08. The van der Waals surface area contributed by atoms with Gasteiger partial charge in [0.2, 0.25) is 0 Å². The summed E-state index contributed by atoms with van der Waals surface area (Å²) in [5.74, 6) is 0.678. The van der Waals surface area contributed by atoms with E-state index in [0.717, 1.165) is 32.5 Å². The molecule has 21 heavy (non-hydrogen) atoms. The Kier molecular flexibility index (Phi) is 5.83. The van der Waals surface area contributed by atoms with Crippen molar-refractivity contribution in [3.05, 3.63) is 36.0 Å². The Labute approximate surface area is 127 Å². The SMILES string of the molecule is CC(C)CNCc1ccc2ccn(CCCCC#N)c2c1. The van der Waals surface area contributed by atoms with Crippen molar-refractivity contribution in [2.45, 2.75) is 46.2 Å². The minimum absolute atomic E-state index is 0.656. The molecule has 0 amide bonds. The average Bonchev–Trinajstić information content (AvgIpc) is 2.86. The number of hydrogen-bond acceptors (Lipinski definition) is 2. The first-order valence-electron chi connectivity index (χ1n) is 7.86. The Morgan fingerprint density at radius 2 is 2.10 bits per heavy atom. The molecule has 0 aliphatic carbocycles. The summed E-state index contributed by atoms with van der Waals surface area (Å²) in [4.78, 5) is 0. The maximum absolute atomic E-state index is 8.59. The highest BCUT2D eigenvalue weighted by molar-refractivity contribution is 5.80. The van der Waals surface area contributed by atoms with Gasteiger partial charge in [0.15, 0.2) is 0 Å². The first-order chi connectivity index (χ1) is 10.2. The number of aryl methyl sites for hydroxylation is 1. The van der Waals surface area contributed by atoms with Gasteiger partial charge in [-0.3, -0.25) is 0 Å². The fraction of sp³-hybridized carbons (Fsp3) is 0.500. The average molecular weight is 283 g/mol. The van der Waals surface area contributed by atoms with Gasteiger partial charge in [0, 0.05) is 31.2 Å². The van der Waals surface area contributed by atoms with E-state index < -0.39 is 0 Å². The maximum Gasteiger partial charge on any atom is 0.0621 e. The number of unbranched alkanes of at least 4 members (excludes halogenated alkanes) is 2. The van der Waals surface area contributed by atoms with Crippen LogP contribution in [0.4, 0.5) is 0 Å². The second kappa shape index (κ2) is 7.85. The first kappa shape index (κ1) is 15.6. The molecule has 1 aromatic heterocycles. The molecule has 3 heteroatoms. The molecule has 1 aromatic carbocycles. The molecule has 2 rings (SSSR count). The van der Waals surface area contributed by atoms with Crippen molar-refractivity contribution in [1.29, 1.82) is 5.26 Å². The highest BCUT2D eigenvalue weighted by Crippen LogP contribution is 2.18. The van der Waals surface area contributed by atoms with E-state index in [-0.39, 0.29) is 0 Å². The highest BCUT2D eigenvalue weighted by Gasteiger charge is 2.03. The van der Waals surface area contributed by atoms with Crippen LogP contribution in [0.1, 0.15) is 38.7 Å². The molecule has 0 saturated carbocycles. The third-order valence-corrected chi connectivity index (χ3v) is 3.66. The van der Waals surface area contributed by atoms with Crippen LogP contribution in [0.15, 0.2) is 30.5 Å². The molecule has 0 atom stereocenters. The monoisotopic (exact) mass is 283 g/mol. The molecule has 0 saturated heterocycles. The van der Waals surface area contributed by atoms with Crippen molar-refractivity contribution in [2.24, 2.45) is 5.92 Å². The molecule has 1 N–H and O–H groups in total. The van der Waals surface area contributed by atoms with Gasteiger partial charge >= 0.3 is 0 Å². The molecule has 1 heterocycles. The van der Waals surface area contributed by atoms with Gasteiger partial charge in [-0.15, -0.1) is 0 Å². The van der Waals surface area contributed by atoms with E-state index in [9.17, 15) is 0 Å². The fourth-order valence-corrected chi connectivity index (χ4v) is 2.53. The Hall–Kier alpha value is -1.79. The van der Waals surface area contributed by atoms with Crippen molar-refractivity contribution in [1.82, 2.24) is 9.88 Å². The minimum atomic E-state index is 0.656. The number of fused-ring (bicyclic) bond motifs is 1. The van der Waals surface area contributed by atoms with Crippen LogP contribution in [0.2, 0.25) is 0 Å². The molecule has 0 bridgehead atoms. The van der Waals surface area contributed by atoms with E-state index >= 15 is 0 Å². The van der Waals surface area contributed by atoms with Gasteiger partial charge in [-0.2, -0.15) is 5.26 Å². The van der Waals surface area contributed by atoms with Crippen LogP contribution >= 0.6 is 0 Å². The van der Waals surface area contributed by atoms with Gasteiger partial charge in [-0.1, -0.05) is 26.0 Å². The highest BCUT2D eigenvalue weighted by atomic mass is 14.9. The Bertz CT molecular complexity index is 604. The van der Waals surface area contributed by atoms with E-state index in [0.29, 0.717) is 12.3 Å². The van der Waals surface area contributed by atoms with E-state index in [2.05, 4.69) is 60.3 Å². The van der Waals surface area contributed by atoms with Crippen LogP contribution in [-0.2, 0) is 13.1 Å². The third kappa shape index (κ3) is 4.61. The molecule has 2 aromatic rings. The number of nitrogens with one attached hydrogen (secondary N) is 1. The van der Waals surface area contributed by atoms with E-state index in [1.54, 1.807) is 0 Å². The van der Waals surface area contributed by atoms with Crippen LogP contribution < -0.4 is 5.32 Å². The summed E-state index contributed by atoms with van der Waals surface area (Å²) in [7, 11) is 0. The molecule has 3 nitrogen and oxygen atoms in total. The van der Waals surface area contributed by atoms with Crippen LogP contribution in [0.25, 0.3) is 10.9 Å². The number of hydrogen-bond donors (Lipinski definition) is 1. The largest absolute Gasteiger partial charge is 0.347 e. The zero-order chi connectivity index (χ0) is 15.1. The van der Waals surface area contributed by atoms with E-state index in [1.165, 1.54) is 16.5 Å². The van der Waals surface area contributed by atoms with Crippen molar-refractivity contribution in [3.63, 3.8) is 0 Å². The van der Waals surface area contributed by atoms with Gasteiger partial charge < -0.3 is 9.88 Å². The third-order valence-electron chi connectivity index (χ3n) is 3.66. The lowest BCUT2D eigenvalue weighted by Crippen LogP contribution is -2.18. The second-order valence-electron chi connectivity index (χ2n) is 6.04. The summed E-state index contributed by atoms with van der Waals surface area (Å²) < 4.78 is 2.30. The lowest BCUT2D eigenvalue weighted by molar-refractivity contribution is 0.552. The standard InChI is InChI=1S/C18H25N3/c1-15(2)13-20-14-16-6-7-17-8-11-21(18(17)12-16)10-5-3-4-9-19/h6-8,11-12,15,20H,3-5,10,13-14H2,1-2H3. The van der Waals surface area contributed by atoms with Crippen molar-refractivity contribution < 1.29 is 0 Å². The lowest BCUT2D eigenvalue weighted by atomic mass is 10.1. The predicted molar refractivity (Wildman–Crippen MR) is 87.9 cm³/mol. The van der Waals surface area contributed by atoms with Gasteiger partial charge in [0.25, 0.3) is 0 Å².